The van der Waals surface area contributed by atoms with Crippen molar-refractivity contribution in [1.82, 2.24) is 9.97 Å². The van der Waals surface area contributed by atoms with Crippen molar-refractivity contribution in [2.45, 2.75) is 19.8 Å². The van der Waals surface area contributed by atoms with E-state index in [2.05, 4.69) is 44.9 Å². The summed E-state index contributed by atoms with van der Waals surface area (Å²) in [5.74, 6) is 0.982. The van der Waals surface area contributed by atoms with Crippen LogP contribution in [0, 0.1) is 0 Å². The summed E-state index contributed by atoms with van der Waals surface area (Å²) in [5.41, 5.74) is 2.44. The van der Waals surface area contributed by atoms with Crippen LogP contribution in [0.2, 0.25) is 0 Å². The molecule has 0 atom stereocenters. The number of aromatic nitrogens is 2. The summed E-state index contributed by atoms with van der Waals surface area (Å²) in [4.78, 5) is 20.6. The summed E-state index contributed by atoms with van der Waals surface area (Å²) >= 11 is 0. The molecule has 0 amide bonds. The van der Waals surface area contributed by atoms with Gasteiger partial charge in [0.25, 0.3) is 0 Å². The summed E-state index contributed by atoms with van der Waals surface area (Å²) in [6.45, 7) is 2.93. The van der Waals surface area contributed by atoms with Crippen LogP contribution in [-0.2, 0) is 11.2 Å². The van der Waals surface area contributed by atoms with Crippen molar-refractivity contribution in [1.29, 1.82) is 0 Å². The Hall–Kier alpha value is -3.41. The van der Waals surface area contributed by atoms with Crippen LogP contribution in [-0.4, -0.2) is 29.1 Å². The molecule has 0 aliphatic rings. The van der Waals surface area contributed by atoms with Gasteiger partial charge < -0.3 is 15.4 Å². The second-order valence-corrected chi connectivity index (χ2v) is 6.20. The van der Waals surface area contributed by atoms with Crippen molar-refractivity contribution >= 4 is 23.3 Å². The fourth-order valence-corrected chi connectivity index (χ4v) is 2.79. The van der Waals surface area contributed by atoms with Gasteiger partial charge in [0, 0.05) is 12.6 Å². The molecule has 0 unspecified atom stereocenters. The van der Waals surface area contributed by atoms with Gasteiger partial charge >= 0.3 is 5.97 Å². The Morgan fingerprint density at radius 3 is 2.57 bits per heavy atom. The fraction of sp³-hybridized carbons (Fsp3) is 0.227. The molecule has 3 rings (SSSR count). The Morgan fingerprint density at radius 1 is 1.00 bits per heavy atom. The monoisotopic (exact) mass is 376 g/mol. The third-order valence-corrected chi connectivity index (χ3v) is 4.14. The average molecular weight is 376 g/mol. The van der Waals surface area contributed by atoms with Crippen LogP contribution in [0.15, 0.2) is 67.0 Å². The molecule has 28 heavy (non-hydrogen) atoms. The highest BCUT2D eigenvalue weighted by molar-refractivity contribution is 5.96. The first-order valence-corrected chi connectivity index (χ1v) is 9.39. The number of nitrogens with zero attached hydrogens (tertiary/aromatic N) is 2. The second kappa shape index (κ2) is 10.1. The highest BCUT2D eigenvalue weighted by Gasteiger charge is 2.12. The van der Waals surface area contributed by atoms with E-state index in [1.165, 1.54) is 11.9 Å². The third kappa shape index (κ3) is 5.54. The molecule has 144 valence electrons. The van der Waals surface area contributed by atoms with Gasteiger partial charge in [0.1, 0.15) is 18.0 Å². The molecule has 3 aromatic rings. The smallest absolute Gasteiger partial charge is 0.340 e. The van der Waals surface area contributed by atoms with Crippen molar-refractivity contribution in [3.8, 4) is 0 Å². The zero-order valence-electron chi connectivity index (χ0n) is 15.9. The lowest BCUT2D eigenvalue weighted by Crippen LogP contribution is -2.09. The maximum atomic E-state index is 12.1. The summed E-state index contributed by atoms with van der Waals surface area (Å²) < 4.78 is 5.11. The van der Waals surface area contributed by atoms with Crippen molar-refractivity contribution in [3.63, 3.8) is 0 Å². The number of rotatable bonds is 9. The van der Waals surface area contributed by atoms with Crippen LogP contribution < -0.4 is 10.6 Å². The Bertz CT molecular complexity index is 900. The highest BCUT2D eigenvalue weighted by atomic mass is 16.5. The molecule has 0 saturated carbocycles. The van der Waals surface area contributed by atoms with Gasteiger partial charge in [0.05, 0.1) is 17.9 Å². The molecular weight excluding hydrogens is 352 g/mol. The fourth-order valence-electron chi connectivity index (χ4n) is 2.79. The Balaban J connectivity index is 1.59. The van der Waals surface area contributed by atoms with E-state index in [9.17, 15) is 4.79 Å². The first-order valence-electron chi connectivity index (χ1n) is 9.39. The van der Waals surface area contributed by atoms with Crippen LogP contribution in [0.25, 0.3) is 0 Å². The largest absolute Gasteiger partial charge is 0.462 e. The number of anilines is 3. The zero-order chi connectivity index (χ0) is 19.6. The number of hydrogen-bond donors (Lipinski definition) is 2. The number of carbonyl (C=O) groups is 1. The van der Waals surface area contributed by atoms with E-state index in [-0.39, 0.29) is 5.97 Å². The maximum Gasteiger partial charge on any atom is 0.340 e. The SMILES string of the molecule is CCOC(=O)c1ccccc1Nc1cc(NCCCc2ccccc2)ncn1. The van der Waals surface area contributed by atoms with E-state index >= 15 is 0 Å². The van der Waals surface area contributed by atoms with E-state index in [0.717, 1.165) is 25.2 Å². The van der Waals surface area contributed by atoms with E-state index in [0.29, 0.717) is 23.7 Å². The minimum atomic E-state index is -0.362. The van der Waals surface area contributed by atoms with Gasteiger partial charge in [-0.3, -0.25) is 0 Å². The molecule has 6 heteroatoms. The lowest BCUT2D eigenvalue weighted by molar-refractivity contribution is 0.0527. The minimum Gasteiger partial charge on any atom is -0.462 e. The number of hydrogen-bond acceptors (Lipinski definition) is 6. The van der Waals surface area contributed by atoms with Crippen LogP contribution in [0.1, 0.15) is 29.3 Å². The number of nitrogens with one attached hydrogen (secondary N) is 2. The standard InChI is InChI=1S/C22H24N4O2/c1-2-28-22(27)18-12-6-7-13-19(18)26-21-15-20(24-16-25-21)23-14-8-11-17-9-4-3-5-10-17/h3-7,9-10,12-13,15-16H,2,8,11,14H2,1H3,(H2,23,24,25,26). The zero-order valence-corrected chi connectivity index (χ0v) is 15.9. The number of aryl methyl sites for hydroxylation is 1. The molecule has 6 nitrogen and oxygen atoms in total. The van der Waals surface area contributed by atoms with E-state index in [1.807, 2.05) is 24.3 Å². The summed E-state index contributed by atoms with van der Waals surface area (Å²) in [7, 11) is 0. The molecule has 0 aliphatic heterocycles. The normalized spacial score (nSPS) is 10.3. The molecule has 2 N–H and O–H groups in total. The van der Waals surface area contributed by atoms with Gasteiger partial charge in [-0.2, -0.15) is 0 Å². The molecule has 0 fully saturated rings. The Kier molecular flexibility index (Phi) is 6.95. The molecule has 0 aliphatic carbocycles. The van der Waals surface area contributed by atoms with Crippen molar-refractivity contribution in [3.05, 3.63) is 78.1 Å². The second-order valence-electron chi connectivity index (χ2n) is 6.20. The molecule has 0 spiro atoms. The van der Waals surface area contributed by atoms with Crippen molar-refractivity contribution in [2.24, 2.45) is 0 Å². The average Bonchev–Trinajstić information content (AvgIpc) is 2.73. The number of para-hydroxylation sites is 1. The molecule has 1 heterocycles. The van der Waals surface area contributed by atoms with Crippen LogP contribution in [0.4, 0.5) is 17.3 Å². The van der Waals surface area contributed by atoms with E-state index in [1.54, 1.807) is 19.1 Å². The predicted molar refractivity (Wildman–Crippen MR) is 111 cm³/mol. The molecule has 0 saturated heterocycles. The third-order valence-electron chi connectivity index (χ3n) is 4.14. The Morgan fingerprint density at radius 2 is 1.75 bits per heavy atom. The number of esters is 1. The van der Waals surface area contributed by atoms with Gasteiger partial charge in [-0.05, 0) is 37.5 Å². The van der Waals surface area contributed by atoms with Gasteiger partial charge in [0.2, 0.25) is 0 Å². The summed E-state index contributed by atoms with van der Waals surface area (Å²) in [5, 5.41) is 6.49. The predicted octanol–water partition coefficient (Wildman–Crippen LogP) is 4.44. The van der Waals surface area contributed by atoms with Gasteiger partial charge in [0.15, 0.2) is 0 Å². The van der Waals surface area contributed by atoms with Gasteiger partial charge in [-0.1, -0.05) is 42.5 Å². The quantitative estimate of drug-likeness (QED) is 0.425. The van der Waals surface area contributed by atoms with E-state index in [4.69, 9.17) is 4.74 Å². The minimum absolute atomic E-state index is 0.331. The van der Waals surface area contributed by atoms with Crippen molar-refractivity contribution in [2.75, 3.05) is 23.8 Å². The molecular formula is C22H24N4O2. The number of benzene rings is 2. The first-order chi connectivity index (χ1) is 13.8. The van der Waals surface area contributed by atoms with E-state index < -0.39 is 0 Å². The molecule has 0 bridgehead atoms. The lowest BCUT2D eigenvalue weighted by atomic mass is 10.1. The topological polar surface area (TPSA) is 76.1 Å². The van der Waals surface area contributed by atoms with Crippen LogP contribution >= 0.6 is 0 Å². The number of ether oxygens (including phenoxy) is 1. The van der Waals surface area contributed by atoms with Gasteiger partial charge in [-0.25, -0.2) is 14.8 Å². The van der Waals surface area contributed by atoms with Gasteiger partial charge in [-0.15, -0.1) is 0 Å². The molecule has 0 radical (unpaired) electrons. The maximum absolute atomic E-state index is 12.1. The molecule has 2 aromatic carbocycles. The van der Waals surface area contributed by atoms with Crippen LogP contribution in [0.5, 0.6) is 0 Å². The summed E-state index contributed by atoms with van der Waals surface area (Å²) in [6.07, 6.45) is 3.51. The summed E-state index contributed by atoms with van der Waals surface area (Å²) in [6, 6.07) is 19.4. The van der Waals surface area contributed by atoms with Crippen LogP contribution in [0.3, 0.4) is 0 Å². The lowest BCUT2D eigenvalue weighted by Gasteiger charge is -2.11. The van der Waals surface area contributed by atoms with Crippen molar-refractivity contribution < 1.29 is 9.53 Å². The number of carbonyl (C=O) groups excluding carboxylic acids is 1. The Labute approximate surface area is 165 Å². The highest BCUT2D eigenvalue weighted by Crippen LogP contribution is 2.21. The molecule has 1 aromatic heterocycles. The first kappa shape index (κ1) is 19.4.